The first-order valence-electron chi connectivity index (χ1n) is 4.17. The van der Waals surface area contributed by atoms with E-state index in [2.05, 4.69) is 25.1 Å². The highest BCUT2D eigenvalue weighted by molar-refractivity contribution is 7.20. The van der Waals surface area contributed by atoms with Gasteiger partial charge >= 0.3 is 0 Å². The van der Waals surface area contributed by atoms with Crippen LogP contribution in [0.3, 0.4) is 0 Å². The first kappa shape index (κ1) is 8.45. The van der Waals surface area contributed by atoms with Gasteiger partial charge in [0.15, 0.2) is 6.29 Å². The third kappa shape index (κ3) is 1.27. The molecular weight excluding hydrogens is 180 g/mol. The van der Waals surface area contributed by atoms with Crippen LogP contribution in [0.4, 0.5) is 0 Å². The lowest BCUT2D eigenvalue weighted by atomic mass is 10.1. The third-order valence-corrected chi connectivity index (χ3v) is 3.43. The lowest BCUT2D eigenvalue weighted by molar-refractivity contribution is 0.112. The molecule has 0 amide bonds. The third-order valence-electron chi connectivity index (χ3n) is 2.24. The van der Waals surface area contributed by atoms with Crippen LogP contribution in [0, 0.1) is 13.8 Å². The molecule has 13 heavy (non-hydrogen) atoms. The van der Waals surface area contributed by atoms with Gasteiger partial charge in [0.25, 0.3) is 0 Å². The Morgan fingerprint density at radius 2 is 2.08 bits per heavy atom. The van der Waals surface area contributed by atoms with Crippen LogP contribution in [0.15, 0.2) is 18.2 Å². The van der Waals surface area contributed by atoms with Crippen molar-refractivity contribution in [1.29, 1.82) is 0 Å². The molecule has 0 aliphatic carbocycles. The minimum atomic E-state index is 0.848. The smallest absolute Gasteiger partial charge is 0.160 e. The van der Waals surface area contributed by atoms with Gasteiger partial charge in [0, 0.05) is 4.70 Å². The van der Waals surface area contributed by atoms with Crippen molar-refractivity contribution in [1.82, 2.24) is 0 Å². The minimum Gasteiger partial charge on any atom is -0.297 e. The van der Waals surface area contributed by atoms with E-state index in [1.165, 1.54) is 15.6 Å². The maximum atomic E-state index is 10.7. The summed E-state index contributed by atoms with van der Waals surface area (Å²) in [7, 11) is 0. The molecule has 66 valence electrons. The first-order valence-corrected chi connectivity index (χ1v) is 4.99. The lowest BCUT2D eigenvalue weighted by Crippen LogP contribution is -1.76. The van der Waals surface area contributed by atoms with Crippen molar-refractivity contribution in [3.8, 4) is 0 Å². The van der Waals surface area contributed by atoms with Crippen molar-refractivity contribution >= 4 is 27.7 Å². The maximum Gasteiger partial charge on any atom is 0.160 e. The van der Waals surface area contributed by atoms with Gasteiger partial charge in [-0.25, -0.2) is 0 Å². The van der Waals surface area contributed by atoms with Crippen molar-refractivity contribution in [2.75, 3.05) is 0 Å². The number of hydrogen-bond acceptors (Lipinski definition) is 2. The van der Waals surface area contributed by atoms with E-state index in [9.17, 15) is 4.79 Å². The first-order chi connectivity index (χ1) is 6.22. The molecule has 0 saturated carbocycles. The average Bonchev–Trinajstić information content (AvgIpc) is 2.44. The summed E-state index contributed by atoms with van der Waals surface area (Å²) < 4.78 is 1.20. The van der Waals surface area contributed by atoms with E-state index in [1.54, 1.807) is 11.3 Å². The molecule has 0 atom stereocenters. The second-order valence-electron chi connectivity index (χ2n) is 3.21. The Morgan fingerprint density at radius 1 is 1.31 bits per heavy atom. The zero-order chi connectivity index (χ0) is 9.42. The fourth-order valence-electron chi connectivity index (χ4n) is 1.47. The highest BCUT2D eigenvalue weighted by Crippen LogP contribution is 2.29. The number of hydrogen-bond donors (Lipinski definition) is 0. The van der Waals surface area contributed by atoms with Gasteiger partial charge in [-0.15, -0.1) is 11.3 Å². The fraction of sp³-hybridized carbons (Fsp3) is 0.182. The standard InChI is InChI=1S/C11H10OS/c1-7-3-4-10-9(5-7)8(2)11(6-12)13-10/h3-6H,1-2H3. The summed E-state index contributed by atoms with van der Waals surface area (Å²) in [5.74, 6) is 0. The quantitative estimate of drug-likeness (QED) is 0.630. The summed E-state index contributed by atoms with van der Waals surface area (Å²) in [6.45, 7) is 4.07. The van der Waals surface area contributed by atoms with E-state index < -0.39 is 0 Å². The summed E-state index contributed by atoms with van der Waals surface area (Å²) >= 11 is 1.56. The van der Waals surface area contributed by atoms with Crippen LogP contribution >= 0.6 is 11.3 Å². The molecule has 0 fully saturated rings. The topological polar surface area (TPSA) is 17.1 Å². The molecule has 0 spiro atoms. The molecule has 2 heteroatoms. The van der Waals surface area contributed by atoms with Crippen molar-refractivity contribution in [2.45, 2.75) is 13.8 Å². The predicted octanol–water partition coefficient (Wildman–Crippen LogP) is 3.33. The zero-order valence-corrected chi connectivity index (χ0v) is 8.44. The summed E-state index contributed by atoms with van der Waals surface area (Å²) in [5, 5.41) is 1.21. The molecule has 1 heterocycles. The van der Waals surface area contributed by atoms with Crippen LogP contribution in [0.5, 0.6) is 0 Å². The molecule has 0 bridgehead atoms. The Morgan fingerprint density at radius 3 is 2.77 bits per heavy atom. The number of rotatable bonds is 1. The van der Waals surface area contributed by atoms with Crippen molar-refractivity contribution in [2.24, 2.45) is 0 Å². The van der Waals surface area contributed by atoms with Crippen LogP contribution in [0.1, 0.15) is 20.8 Å². The van der Waals surface area contributed by atoms with E-state index in [4.69, 9.17) is 0 Å². The van der Waals surface area contributed by atoms with Gasteiger partial charge in [-0.2, -0.15) is 0 Å². The zero-order valence-electron chi connectivity index (χ0n) is 7.63. The van der Waals surface area contributed by atoms with Crippen molar-refractivity contribution in [3.05, 3.63) is 34.2 Å². The number of carbonyl (C=O) groups excluding carboxylic acids is 1. The highest BCUT2D eigenvalue weighted by Gasteiger charge is 2.06. The molecule has 0 aliphatic heterocycles. The van der Waals surface area contributed by atoms with E-state index in [0.717, 1.165) is 16.7 Å². The normalized spacial score (nSPS) is 10.6. The molecule has 0 aliphatic rings. The van der Waals surface area contributed by atoms with Crippen LogP contribution < -0.4 is 0 Å². The van der Waals surface area contributed by atoms with E-state index in [-0.39, 0.29) is 0 Å². The van der Waals surface area contributed by atoms with Gasteiger partial charge in [-0.3, -0.25) is 4.79 Å². The summed E-state index contributed by atoms with van der Waals surface area (Å²) in [6, 6.07) is 6.29. The summed E-state index contributed by atoms with van der Waals surface area (Å²) in [4.78, 5) is 11.5. The second-order valence-corrected chi connectivity index (χ2v) is 4.29. The minimum absolute atomic E-state index is 0.848. The van der Waals surface area contributed by atoms with Gasteiger partial charge in [-0.05, 0) is 30.9 Å². The Balaban J connectivity index is 2.84. The summed E-state index contributed by atoms with van der Waals surface area (Å²) in [6.07, 6.45) is 0.940. The molecule has 1 aromatic heterocycles. The second kappa shape index (κ2) is 2.96. The van der Waals surface area contributed by atoms with Crippen LogP contribution in [-0.4, -0.2) is 6.29 Å². The largest absolute Gasteiger partial charge is 0.297 e. The summed E-state index contributed by atoms with van der Waals surface area (Å²) in [5.41, 5.74) is 2.35. The molecule has 2 rings (SSSR count). The Kier molecular flexibility index (Phi) is 1.93. The van der Waals surface area contributed by atoms with Crippen LogP contribution in [-0.2, 0) is 0 Å². The van der Waals surface area contributed by atoms with E-state index in [0.29, 0.717) is 0 Å². The molecule has 0 N–H and O–H groups in total. The van der Waals surface area contributed by atoms with Gasteiger partial charge in [0.1, 0.15) is 0 Å². The van der Waals surface area contributed by atoms with Crippen LogP contribution in [0.2, 0.25) is 0 Å². The Labute approximate surface area is 81.0 Å². The van der Waals surface area contributed by atoms with Gasteiger partial charge in [-0.1, -0.05) is 17.7 Å². The molecule has 2 aromatic rings. The number of carbonyl (C=O) groups is 1. The number of aryl methyl sites for hydroxylation is 2. The number of thiophene rings is 1. The number of aldehydes is 1. The Hall–Kier alpha value is -1.15. The fourth-order valence-corrected chi connectivity index (χ4v) is 2.47. The number of fused-ring (bicyclic) bond motifs is 1. The van der Waals surface area contributed by atoms with E-state index in [1.807, 2.05) is 6.92 Å². The van der Waals surface area contributed by atoms with Gasteiger partial charge < -0.3 is 0 Å². The monoisotopic (exact) mass is 190 g/mol. The molecule has 1 aromatic carbocycles. The SMILES string of the molecule is Cc1ccc2sc(C=O)c(C)c2c1. The van der Waals surface area contributed by atoms with Crippen molar-refractivity contribution in [3.63, 3.8) is 0 Å². The molecular formula is C11H10OS. The van der Waals surface area contributed by atoms with Gasteiger partial charge in [0.05, 0.1) is 4.88 Å². The molecule has 0 radical (unpaired) electrons. The molecule has 1 nitrogen and oxygen atoms in total. The average molecular weight is 190 g/mol. The maximum absolute atomic E-state index is 10.7. The highest BCUT2D eigenvalue weighted by atomic mass is 32.1. The molecule has 0 unspecified atom stereocenters. The lowest BCUT2D eigenvalue weighted by Gasteiger charge is -1.93. The Bertz CT molecular complexity index is 468. The predicted molar refractivity (Wildman–Crippen MR) is 56.7 cm³/mol. The van der Waals surface area contributed by atoms with Gasteiger partial charge in [0.2, 0.25) is 0 Å². The molecule has 0 saturated heterocycles. The van der Waals surface area contributed by atoms with Crippen LogP contribution in [0.25, 0.3) is 10.1 Å². The van der Waals surface area contributed by atoms with E-state index >= 15 is 0 Å². The number of benzene rings is 1. The van der Waals surface area contributed by atoms with Crippen molar-refractivity contribution < 1.29 is 4.79 Å².